The van der Waals surface area contributed by atoms with Crippen molar-refractivity contribution < 1.29 is 50.9 Å². The number of nitrogens with zero attached hydrogens (tertiary/aromatic N) is 14. The number of alkyl halides is 4. The van der Waals surface area contributed by atoms with E-state index in [9.17, 15) is 31.9 Å². The fourth-order valence-electron chi connectivity index (χ4n) is 9.51. The summed E-state index contributed by atoms with van der Waals surface area (Å²) in [6.45, 7) is 1.31. The Bertz CT molecular complexity index is 4170. The number of amides is 3. The number of rotatable bonds is 21. The molecule has 10 aromatic rings. The van der Waals surface area contributed by atoms with Crippen molar-refractivity contribution in [2.75, 3.05) is 72.1 Å². The Labute approximate surface area is 501 Å². The lowest BCUT2D eigenvalue weighted by atomic mass is 10.1. The Morgan fingerprint density at radius 1 is 0.625 bits per heavy atom. The van der Waals surface area contributed by atoms with Gasteiger partial charge in [0.25, 0.3) is 17.7 Å². The number of likely N-dealkylation sites (tertiary alicyclic amines) is 1. The van der Waals surface area contributed by atoms with Gasteiger partial charge in [-0.25, -0.2) is 19.0 Å². The summed E-state index contributed by atoms with van der Waals surface area (Å²) < 4.78 is 81.3. The van der Waals surface area contributed by atoms with Crippen LogP contribution < -0.4 is 29.6 Å². The van der Waals surface area contributed by atoms with Gasteiger partial charge in [-0.1, -0.05) is 24.8 Å². The number of ether oxygens (including phenoxy) is 4. The molecular formula is C61H60F4N16O7. The summed E-state index contributed by atoms with van der Waals surface area (Å²) in [5.74, 6) is 0.0621. The highest BCUT2D eigenvalue weighted by Crippen LogP contribution is 2.41. The molecule has 1 aliphatic heterocycles. The zero-order valence-corrected chi connectivity index (χ0v) is 48.8. The monoisotopic (exact) mass is 1200 g/mol. The highest BCUT2D eigenvalue weighted by atomic mass is 19.3. The van der Waals surface area contributed by atoms with Crippen LogP contribution in [0.2, 0.25) is 0 Å². The molecule has 88 heavy (non-hydrogen) atoms. The minimum Gasteiger partial charge on any atom is -0.457 e. The quantitative estimate of drug-likeness (QED) is 0.0640. The van der Waals surface area contributed by atoms with Crippen LogP contribution in [-0.2, 0) is 14.1 Å². The van der Waals surface area contributed by atoms with E-state index in [0.717, 1.165) is 37.4 Å². The Balaban J connectivity index is 0.000000194. The maximum atomic E-state index is 13.4. The molecule has 7 heterocycles. The molecule has 0 atom stereocenters. The highest BCUT2D eigenvalue weighted by molar-refractivity contribution is 6.10. The molecule has 0 aliphatic carbocycles. The first-order valence-corrected chi connectivity index (χ1v) is 27.3. The Kier molecular flexibility index (Phi) is 18.1. The molecule has 0 spiro atoms. The smallest absolute Gasteiger partial charge is 0.387 e. The van der Waals surface area contributed by atoms with Gasteiger partial charge in [0.1, 0.15) is 57.0 Å². The molecule has 0 saturated carbocycles. The van der Waals surface area contributed by atoms with Crippen molar-refractivity contribution in [3.8, 4) is 57.0 Å². The van der Waals surface area contributed by atoms with Gasteiger partial charge in [-0.2, -0.15) is 38.0 Å². The first kappa shape index (κ1) is 60.5. The lowest BCUT2D eigenvalue weighted by Crippen LogP contribution is -2.57. The maximum absolute atomic E-state index is 13.4. The summed E-state index contributed by atoms with van der Waals surface area (Å²) in [5, 5.41) is 22.7. The van der Waals surface area contributed by atoms with Gasteiger partial charge in [-0.3, -0.25) is 23.7 Å². The number of aromatic nitrogens is 10. The molecule has 0 radical (unpaired) electrons. The molecule has 4 aromatic carbocycles. The van der Waals surface area contributed by atoms with Crippen LogP contribution >= 0.6 is 0 Å². The number of hydrogen-bond donors (Lipinski definition) is 2. The van der Waals surface area contributed by atoms with Crippen LogP contribution in [0.25, 0.3) is 39.5 Å². The largest absolute Gasteiger partial charge is 0.457 e. The Hall–Kier alpha value is -10.7. The molecule has 6 aromatic heterocycles. The highest BCUT2D eigenvalue weighted by Gasteiger charge is 2.31. The van der Waals surface area contributed by atoms with Crippen LogP contribution in [0.4, 0.5) is 28.9 Å². The van der Waals surface area contributed by atoms with Gasteiger partial charge >= 0.3 is 13.2 Å². The Morgan fingerprint density at radius 3 is 1.56 bits per heavy atom. The molecule has 1 aliphatic rings. The summed E-state index contributed by atoms with van der Waals surface area (Å²) in [6.07, 6.45) is 12.3. The molecule has 454 valence electrons. The van der Waals surface area contributed by atoms with Crippen molar-refractivity contribution in [1.82, 2.24) is 68.4 Å². The number of anilines is 2. The number of aryl methyl sites for hydroxylation is 2. The lowest BCUT2D eigenvalue weighted by molar-refractivity contribution is -0.0501. The SMILES string of the molecule is C=C(c1cccc(Oc2ccc(OC(F)F)c(-c3nn(C)cc3NC(=O)c3cnn4cccnc34)c2)c1)N(C)CCN(C)C.CN1CC(N(C)C(=O)c2cccc(Oc3ccc(OC(F)F)c(-c4nn(C)cc4NC(=O)c4cnn5cccnc45)c3)c2)C1. The van der Waals surface area contributed by atoms with E-state index < -0.39 is 25.0 Å². The summed E-state index contributed by atoms with van der Waals surface area (Å²) in [7, 11) is 13.1. The van der Waals surface area contributed by atoms with Crippen molar-refractivity contribution in [3.63, 3.8) is 0 Å². The molecule has 0 unspecified atom stereocenters. The molecule has 2 N–H and O–H groups in total. The van der Waals surface area contributed by atoms with Gasteiger partial charge in [-0.05, 0) is 100 Å². The van der Waals surface area contributed by atoms with Gasteiger partial charge in [0, 0.05) is 108 Å². The molecule has 27 heteroatoms. The van der Waals surface area contributed by atoms with Crippen molar-refractivity contribution in [1.29, 1.82) is 0 Å². The number of halogens is 4. The minimum absolute atomic E-state index is 0.134. The Morgan fingerprint density at radius 2 is 1.09 bits per heavy atom. The number of carbonyl (C=O) groups is 3. The average molecular weight is 1210 g/mol. The topological polar surface area (TPSA) is 221 Å². The lowest BCUT2D eigenvalue weighted by Gasteiger charge is -2.41. The first-order chi connectivity index (χ1) is 42.2. The number of nitrogens with one attached hydrogen (secondary N) is 2. The first-order valence-electron chi connectivity index (χ1n) is 27.3. The number of hydrogen-bond acceptors (Lipinski definition) is 16. The summed E-state index contributed by atoms with van der Waals surface area (Å²) in [4.78, 5) is 55.9. The molecular weight excluding hydrogens is 1140 g/mol. The standard InChI is InChI=1S/C31H32F2N8O3.C30H28F2N8O4/c1-20(39(4)15-14-38(2)3)21-8-6-9-22(16-21)43-23-10-11-27(44-31(32)33)24(17-23)28-26(19-40(5)37-28)36-30(42)25-18-35-41-13-7-12-34-29(25)41;1-37-15-19(16-37)39(3)29(42)18-6-4-7-20(12-18)43-21-8-9-25(44-30(31)32)22(13-21)26-24(17-38(2)36-26)35-28(41)23-14-34-40-11-5-10-33-27(23)40/h6-13,16-19,31H,1,14-15H2,2-5H3,(H,36,42);4-14,17,19,30H,15-16H2,1-3H3,(H,35,41). The summed E-state index contributed by atoms with van der Waals surface area (Å²) in [5.41, 5.74) is 4.53. The number of benzene rings is 4. The van der Waals surface area contributed by atoms with Crippen molar-refractivity contribution in [3.05, 3.63) is 175 Å². The fraction of sp³-hybridized carbons (Fsp3) is 0.230. The van der Waals surface area contributed by atoms with E-state index in [1.165, 1.54) is 73.4 Å². The van der Waals surface area contributed by atoms with Crippen LogP contribution in [0.15, 0.2) is 153 Å². The van der Waals surface area contributed by atoms with E-state index in [0.29, 0.717) is 34.1 Å². The summed E-state index contributed by atoms with van der Waals surface area (Å²) >= 11 is 0. The predicted octanol–water partition coefficient (Wildman–Crippen LogP) is 9.40. The predicted molar refractivity (Wildman–Crippen MR) is 319 cm³/mol. The molecule has 1 fully saturated rings. The van der Waals surface area contributed by atoms with Crippen molar-refractivity contribution >= 4 is 46.1 Å². The van der Waals surface area contributed by atoms with Crippen LogP contribution in [0.1, 0.15) is 36.6 Å². The van der Waals surface area contributed by atoms with Crippen LogP contribution in [-0.4, -0.2) is 167 Å². The number of likely N-dealkylation sites (N-methyl/N-ethyl adjacent to an activating group) is 4. The number of carbonyl (C=O) groups excluding carboxylic acids is 3. The average Bonchev–Trinajstić information content (AvgIpc) is 4.41. The van der Waals surface area contributed by atoms with E-state index in [1.807, 2.05) is 46.4 Å². The van der Waals surface area contributed by atoms with Crippen LogP contribution in [0.3, 0.4) is 0 Å². The van der Waals surface area contributed by atoms with Crippen molar-refractivity contribution in [2.45, 2.75) is 19.3 Å². The number of fused-ring (bicyclic) bond motifs is 2. The normalized spacial score (nSPS) is 12.4. The van der Waals surface area contributed by atoms with E-state index in [-0.39, 0.29) is 74.2 Å². The van der Waals surface area contributed by atoms with Gasteiger partial charge in [0.05, 0.1) is 40.9 Å². The maximum Gasteiger partial charge on any atom is 0.387 e. The van der Waals surface area contributed by atoms with Crippen molar-refractivity contribution in [2.24, 2.45) is 14.1 Å². The third-order valence-electron chi connectivity index (χ3n) is 14.0. The fourth-order valence-corrected chi connectivity index (χ4v) is 9.51. The van der Waals surface area contributed by atoms with E-state index in [2.05, 4.69) is 62.3 Å². The molecule has 1 saturated heterocycles. The zero-order chi connectivity index (χ0) is 62.3. The van der Waals surface area contributed by atoms with Gasteiger partial charge < -0.3 is 49.2 Å². The summed E-state index contributed by atoms with van der Waals surface area (Å²) in [6, 6.07) is 26.4. The molecule has 3 amide bonds. The van der Waals surface area contributed by atoms with Crippen LogP contribution in [0.5, 0.6) is 34.5 Å². The minimum atomic E-state index is -3.11. The second kappa shape index (κ2) is 26.3. The van der Waals surface area contributed by atoms with Gasteiger partial charge in [-0.15, -0.1) is 0 Å². The van der Waals surface area contributed by atoms with Gasteiger partial charge in [0.2, 0.25) is 0 Å². The molecule has 23 nitrogen and oxygen atoms in total. The van der Waals surface area contributed by atoms with E-state index in [4.69, 9.17) is 18.9 Å². The third-order valence-corrected chi connectivity index (χ3v) is 14.0. The van der Waals surface area contributed by atoms with Crippen LogP contribution in [0, 0.1) is 0 Å². The zero-order valence-electron chi connectivity index (χ0n) is 48.8. The molecule has 11 rings (SSSR count). The third kappa shape index (κ3) is 14.0. The molecule has 0 bridgehead atoms. The van der Waals surface area contributed by atoms with E-state index in [1.54, 1.807) is 99.5 Å². The van der Waals surface area contributed by atoms with Gasteiger partial charge in [0.15, 0.2) is 11.3 Å². The van der Waals surface area contributed by atoms with E-state index >= 15 is 0 Å². The second-order valence-electron chi connectivity index (χ2n) is 20.7. The second-order valence-corrected chi connectivity index (χ2v) is 20.7.